The van der Waals surface area contributed by atoms with E-state index in [-0.39, 0.29) is 5.57 Å². The smallest absolute Gasteiger partial charge is 0.262 e. The Morgan fingerprint density at radius 2 is 1.89 bits per heavy atom. The van der Waals surface area contributed by atoms with Gasteiger partial charge in [0.25, 0.3) is 5.91 Å². The van der Waals surface area contributed by atoms with Gasteiger partial charge in [0.05, 0.1) is 20.8 Å². The fourth-order valence-electron chi connectivity index (χ4n) is 2.41. The van der Waals surface area contributed by atoms with Crippen LogP contribution in [0.5, 0.6) is 17.2 Å². The standard InChI is InChI=1S/C21H21BrN2O4/c1-4-28-20-10-15(18(22)11-19(20)27-3)9-16(12-23)21(25)24-13-14-5-7-17(26-2)8-6-14/h5-11H,4,13H2,1-3H3,(H,24,25)/b16-9-. The van der Waals surface area contributed by atoms with Crippen LogP contribution >= 0.6 is 15.9 Å². The number of carbonyl (C=O) groups is 1. The van der Waals surface area contributed by atoms with Gasteiger partial charge in [0.2, 0.25) is 0 Å². The van der Waals surface area contributed by atoms with Crippen LogP contribution in [0.4, 0.5) is 0 Å². The van der Waals surface area contributed by atoms with E-state index in [1.807, 2.05) is 37.3 Å². The molecule has 0 heterocycles. The predicted molar refractivity (Wildman–Crippen MR) is 110 cm³/mol. The number of methoxy groups -OCH3 is 2. The summed E-state index contributed by atoms with van der Waals surface area (Å²) >= 11 is 3.44. The highest BCUT2D eigenvalue weighted by Gasteiger charge is 2.13. The summed E-state index contributed by atoms with van der Waals surface area (Å²) < 4.78 is 16.6. The van der Waals surface area contributed by atoms with Crippen LogP contribution in [-0.2, 0) is 11.3 Å². The van der Waals surface area contributed by atoms with Gasteiger partial charge in [-0.05, 0) is 48.4 Å². The van der Waals surface area contributed by atoms with Crippen molar-refractivity contribution in [1.29, 1.82) is 5.26 Å². The molecule has 1 amide bonds. The highest BCUT2D eigenvalue weighted by Crippen LogP contribution is 2.34. The molecule has 6 nitrogen and oxygen atoms in total. The topological polar surface area (TPSA) is 80.6 Å². The van der Waals surface area contributed by atoms with E-state index < -0.39 is 5.91 Å². The van der Waals surface area contributed by atoms with Gasteiger partial charge in [-0.1, -0.05) is 28.1 Å². The minimum absolute atomic E-state index is 0.0122. The Bertz CT molecular complexity index is 902. The second kappa shape index (κ2) is 10.4. The first-order valence-corrected chi connectivity index (χ1v) is 9.34. The van der Waals surface area contributed by atoms with Crippen LogP contribution in [0, 0.1) is 11.3 Å². The van der Waals surface area contributed by atoms with Gasteiger partial charge in [-0.3, -0.25) is 4.79 Å². The van der Waals surface area contributed by atoms with Crippen LogP contribution in [0.2, 0.25) is 0 Å². The molecule has 0 fully saturated rings. The largest absolute Gasteiger partial charge is 0.497 e. The summed E-state index contributed by atoms with van der Waals surface area (Å²) in [6, 6.07) is 12.7. The molecule has 2 rings (SSSR count). The summed E-state index contributed by atoms with van der Waals surface area (Å²) in [6.45, 7) is 2.63. The Morgan fingerprint density at radius 3 is 2.46 bits per heavy atom. The molecule has 2 aromatic carbocycles. The number of amides is 1. The normalized spacial score (nSPS) is 10.8. The lowest BCUT2D eigenvalue weighted by molar-refractivity contribution is -0.117. The molecule has 0 aliphatic heterocycles. The zero-order chi connectivity index (χ0) is 20.5. The molecule has 0 aromatic heterocycles. The number of benzene rings is 2. The summed E-state index contributed by atoms with van der Waals surface area (Å²) in [6.07, 6.45) is 1.51. The third kappa shape index (κ3) is 5.51. The molecule has 0 saturated heterocycles. The van der Waals surface area contributed by atoms with E-state index in [1.165, 1.54) is 6.08 Å². The highest BCUT2D eigenvalue weighted by molar-refractivity contribution is 9.10. The summed E-state index contributed by atoms with van der Waals surface area (Å²) in [7, 11) is 3.14. The Hall–Kier alpha value is -2.98. The summed E-state index contributed by atoms with van der Waals surface area (Å²) in [5.74, 6) is 1.38. The van der Waals surface area contributed by atoms with E-state index in [9.17, 15) is 10.1 Å². The third-order valence-electron chi connectivity index (χ3n) is 3.86. The van der Waals surface area contributed by atoms with Crippen molar-refractivity contribution in [2.75, 3.05) is 20.8 Å². The first-order chi connectivity index (χ1) is 13.5. The maximum Gasteiger partial charge on any atom is 0.262 e. The molecule has 2 aromatic rings. The van der Waals surface area contributed by atoms with Gasteiger partial charge in [-0.15, -0.1) is 0 Å². The minimum Gasteiger partial charge on any atom is -0.497 e. The van der Waals surface area contributed by atoms with Crippen molar-refractivity contribution < 1.29 is 19.0 Å². The third-order valence-corrected chi connectivity index (χ3v) is 4.55. The lowest BCUT2D eigenvalue weighted by Gasteiger charge is -2.12. The van der Waals surface area contributed by atoms with Crippen LogP contribution in [0.3, 0.4) is 0 Å². The molecule has 0 aliphatic rings. The average molecular weight is 445 g/mol. The number of hydrogen-bond donors (Lipinski definition) is 1. The first-order valence-electron chi connectivity index (χ1n) is 8.55. The fourth-order valence-corrected chi connectivity index (χ4v) is 2.85. The number of hydrogen-bond acceptors (Lipinski definition) is 5. The summed E-state index contributed by atoms with van der Waals surface area (Å²) in [4.78, 5) is 12.4. The second-order valence-corrected chi connectivity index (χ2v) is 6.51. The predicted octanol–water partition coefficient (Wildman–Crippen LogP) is 4.09. The van der Waals surface area contributed by atoms with Crippen molar-refractivity contribution >= 4 is 27.9 Å². The fraction of sp³-hybridized carbons (Fsp3) is 0.238. The van der Waals surface area contributed by atoms with Crippen LogP contribution in [0.1, 0.15) is 18.1 Å². The van der Waals surface area contributed by atoms with Gasteiger partial charge in [0, 0.05) is 11.0 Å². The van der Waals surface area contributed by atoms with Gasteiger partial charge in [0.1, 0.15) is 17.4 Å². The second-order valence-electron chi connectivity index (χ2n) is 5.66. The molecular weight excluding hydrogens is 424 g/mol. The van der Waals surface area contributed by atoms with E-state index in [1.54, 1.807) is 26.4 Å². The molecule has 0 atom stereocenters. The number of nitrogens with zero attached hydrogens (tertiary/aromatic N) is 1. The summed E-state index contributed by atoms with van der Waals surface area (Å²) in [5.41, 5.74) is 1.53. The van der Waals surface area contributed by atoms with E-state index in [2.05, 4.69) is 21.2 Å². The Morgan fingerprint density at radius 1 is 1.18 bits per heavy atom. The number of nitrogens with one attached hydrogen (secondary N) is 1. The van der Waals surface area contributed by atoms with Crippen LogP contribution in [-0.4, -0.2) is 26.7 Å². The average Bonchev–Trinajstić information content (AvgIpc) is 2.72. The van der Waals surface area contributed by atoms with Gasteiger partial charge in [0.15, 0.2) is 11.5 Å². The quantitative estimate of drug-likeness (QED) is 0.489. The molecule has 0 bridgehead atoms. The first kappa shape index (κ1) is 21.3. The lowest BCUT2D eigenvalue weighted by atomic mass is 10.1. The maximum absolute atomic E-state index is 12.4. The maximum atomic E-state index is 12.4. The van der Waals surface area contributed by atoms with E-state index in [4.69, 9.17) is 14.2 Å². The van der Waals surface area contributed by atoms with Crippen molar-refractivity contribution in [3.8, 4) is 23.3 Å². The van der Waals surface area contributed by atoms with E-state index in [0.29, 0.717) is 34.7 Å². The Kier molecular flexibility index (Phi) is 7.90. The molecule has 0 spiro atoms. The van der Waals surface area contributed by atoms with Crippen molar-refractivity contribution in [3.05, 3.63) is 57.6 Å². The molecular formula is C21H21BrN2O4. The van der Waals surface area contributed by atoms with Gasteiger partial charge < -0.3 is 19.5 Å². The lowest BCUT2D eigenvalue weighted by Crippen LogP contribution is -2.23. The number of halogens is 1. The molecule has 0 saturated carbocycles. The zero-order valence-electron chi connectivity index (χ0n) is 15.9. The van der Waals surface area contributed by atoms with Crippen molar-refractivity contribution in [2.45, 2.75) is 13.5 Å². The zero-order valence-corrected chi connectivity index (χ0v) is 17.5. The SMILES string of the molecule is CCOc1cc(/C=C(/C#N)C(=O)NCc2ccc(OC)cc2)c(Br)cc1OC. The number of nitriles is 1. The number of rotatable bonds is 8. The van der Waals surface area contributed by atoms with Crippen molar-refractivity contribution in [1.82, 2.24) is 5.32 Å². The molecule has 7 heteroatoms. The number of ether oxygens (including phenoxy) is 3. The van der Waals surface area contributed by atoms with Crippen molar-refractivity contribution in [2.24, 2.45) is 0 Å². The monoisotopic (exact) mass is 444 g/mol. The summed E-state index contributed by atoms with van der Waals surface area (Å²) in [5, 5.41) is 12.2. The van der Waals surface area contributed by atoms with Gasteiger partial charge in [-0.25, -0.2) is 0 Å². The van der Waals surface area contributed by atoms with Crippen LogP contribution in [0.25, 0.3) is 6.08 Å². The molecule has 0 unspecified atom stereocenters. The van der Waals surface area contributed by atoms with Crippen LogP contribution in [0.15, 0.2) is 46.4 Å². The highest BCUT2D eigenvalue weighted by atomic mass is 79.9. The molecule has 0 aliphatic carbocycles. The van der Waals surface area contributed by atoms with Gasteiger partial charge in [-0.2, -0.15) is 5.26 Å². The van der Waals surface area contributed by atoms with Gasteiger partial charge >= 0.3 is 0 Å². The Balaban J connectivity index is 2.18. The number of carbonyl (C=O) groups excluding carboxylic acids is 1. The van der Waals surface area contributed by atoms with Crippen molar-refractivity contribution in [3.63, 3.8) is 0 Å². The minimum atomic E-state index is -0.459. The molecule has 0 radical (unpaired) electrons. The molecule has 1 N–H and O–H groups in total. The van der Waals surface area contributed by atoms with E-state index in [0.717, 1.165) is 11.3 Å². The Labute approximate surface area is 172 Å². The molecule has 146 valence electrons. The molecule has 28 heavy (non-hydrogen) atoms. The van der Waals surface area contributed by atoms with Crippen LogP contribution < -0.4 is 19.5 Å². The van der Waals surface area contributed by atoms with E-state index >= 15 is 0 Å².